The molecule has 1 heterocycles. The van der Waals surface area contributed by atoms with Crippen LogP contribution in [-0.2, 0) is 11.3 Å². The number of carbonyl (C=O) groups is 2. The van der Waals surface area contributed by atoms with Gasteiger partial charge in [0, 0.05) is 19.3 Å². The van der Waals surface area contributed by atoms with Crippen LogP contribution in [0.4, 0.5) is 5.69 Å². The van der Waals surface area contributed by atoms with E-state index in [1.807, 2.05) is 19.1 Å². The summed E-state index contributed by atoms with van der Waals surface area (Å²) < 4.78 is 0. The Balaban J connectivity index is 1.90. The molecule has 118 valence electrons. The molecular weight excluding hydrogens is 280 g/mol. The highest BCUT2D eigenvalue weighted by Gasteiger charge is 2.39. The molecule has 1 saturated carbocycles. The van der Waals surface area contributed by atoms with Gasteiger partial charge in [-0.3, -0.25) is 9.59 Å². The molecule has 3 rings (SSSR count). The van der Waals surface area contributed by atoms with Crippen molar-refractivity contribution in [3.05, 3.63) is 28.8 Å². The Morgan fingerprint density at radius 3 is 2.59 bits per heavy atom. The van der Waals surface area contributed by atoms with Crippen LogP contribution < -0.4 is 5.73 Å². The number of fused-ring (bicyclic) bond motifs is 1. The largest absolute Gasteiger partial charge is 0.481 e. The summed E-state index contributed by atoms with van der Waals surface area (Å²) in [6, 6.07) is 3.84. The van der Waals surface area contributed by atoms with Gasteiger partial charge >= 0.3 is 5.97 Å². The molecule has 1 aliphatic heterocycles. The summed E-state index contributed by atoms with van der Waals surface area (Å²) in [4.78, 5) is 25.3. The molecule has 2 aliphatic rings. The summed E-state index contributed by atoms with van der Waals surface area (Å²) in [5, 5.41) is 9.35. The van der Waals surface area contributed by atoms with E-state index in [9.17, 15) is 14.7 Å². The Labute approximate surface area is 130 Å². The molecular formula is C17H22N2O3. The molecule has 0 aromatic heterocycles. The maximum Gasteiger partial charge on any atom is 0.309 e. The monoisotopic (exact) mass is 302 g/mol. The van der Waals surface area contributed by atoms with Crippen molar-refractivity contribution in [2.75, 3.05) is 12.8 Å². The van der Waals surface area contributed by atoms with Gasteiger partial charge in [0.1, 0.15) is 0 Å². The number of hydrogen-bond acceptors (Lipinski definition) is 3. The molecule has 0 unspecified atom stereocenters. The van der Waals surface area contributed by atoms with Crippen molar-refractivity contribution in [2.24, 2.45) is 5.41 Å². The van der Waals surface area contributed by atoms with E-state index in [0.29, 0.717) is 36.6 Å². The number of aliphatic carboxylic acids is 1. The van der Waals surface area contributed by atoms with E-state index < -0.39 is 11.4 Å². The second kappa shape index (κ2) is 5.00. The number of carboxylic acid groups (broad SMARTS) is 1. The minimum absolute atomic E-state index is 0.0134. The number of nitrogens with zero attached hydrogens (tertiary/aromatic N) is 1. The van der Waals surface area contributed by atoms with Crippen molar-refractivity contribution in [1.29, 1.82) is 0 Å². The highest BCUT2D eigenvalue weighted by Crippen LogP contribution is 2.45. The number of benzene rings is 1. The number of amides is 1. The van der Waals surface area contributed by atoms with E-state index in [1.54, 1.807) is 11.9 Å². The standard InChI is InChI=1S/C17H22N2O3/c1-17(16(21)22)7-5-10(6-8-17)11-3-4-13(18)14-12(11)9-19(2)15(14)20/h3-4,10H,5-9,18H2,1-2H3,(H,21,22)/t10-,17-. The first-order chi connectivity index (χ1) is 10.3. The lowest BCUT2D eigenvalue weighted by Crippen LogP contribution is -2.32. The van der Waals surface area contributed by atoms with Crippen molar-refractivity contribution in [1.82, 2.24) is 4.90 Å². The third kappa shape index (κ3) is 2.16. The molecule has 0 spiro atoms. The molecule has 0 saturated heterocycles. The molecule has 5 nitrogen and oxygen atoms in total. The van der Waals surface area contributed by atoms with Crippen LogP contribution in [0.2, 0.25) is 0 Å². The minimum atomic E-state index is -0.705. The van der Waals surface area contributed by atoms with Crippen LogP contribution in [0.15, 0.2) is 12.1 Å². The van der Waals surface area contributed by atoms with Gasteiger partial charge in [0.15, 0.2) is 0 Å². The van der Waals surface area contributed by atoms with Crippen LogP contribution in [0.1, 0.15) is 60.0 Å². The second-order valence-electron chi connectivity index (χ2n) is 6.90. The number of anilines is 1. The number of carboxylic acids is 1. The van der Waals surface area contributed by atoms with Crippen LogP contribution >= 0.6 is 0 Å². The number of nitrogen functional groups attached to an aromatic ring is 1. The number of hydrogen-bond donors (Lipinski definition) is 2. The lowest BCUT2D eigenvalue weighted by molar-refractivity contribution is -0.149. The lowest BCUT2D eigenvalue weighted by Gasteiger charge is -2.34. The van der Waals surface area contributed by atoms with Gasteiger partial charge in [0.25, 0.3) is 5.91 Å². The molecule has 1 aromatic carbocycles. The Bertz CT molecular complexity index is 646. The quantitative estimate of drug-likeness (QED) is 0.823. The van der Waals surface area contributed by atoms with Crippen molar-refractivity contribution in [2.45, 2.75) is 45.1 Å². The average Bonchev–Trinajstić information content (AvgIpc) is 2.77. The van der Waals surface area contributed by atoms with E-state index in [4.69, 9.17) is 5.73 Å². The normalized spacial score (nSPS) is 27.8. The minimum Gasteiger partial charge on any atom is -0.481 e. The van der Waals surface area contributed by atoms with Gasteiger partial charge in [-0.1, -0.05) is 6.07 Å². The first-order valence-corrected chi connectivity index (χ1v) is 7.73. The molecule has 1 fully saturated rings. The fourth-order valence-electron chi connectivity index (χ4n) is 3.77. The maximum atomic E-state index is 12.2. The molecule has 0 radical (unpaired) electrons. The molecule has 1 amide bonds. The third-order valence-electron chi connectivity index (χ3n) is 5.38. The molecule has 0 atom stereocenters. The summed E-state index contributed by atoms with van der Waals surface area (Å²) in [6.45, 7) is 2.43. The molecule has 5 heteroatoms. The Morgan fingerprint density at radius 2 is 2.00 bits per heavy atom. The zero-order valence-corrected chi connectivity index (χ0v) is 13.1. The first-order valence-electron chi connectivity index (χ1n) is 7.73. The zero-order chi connectivity index (χ0) is 16.1. The molecule has 1 aromatic rings. The average molecular weight is 302 g/mol. The Kier molecular flexibility index (Phi) is 3.38. The first kappa shape index (κ1) is 14.9. The van der Waals surface area contributed by atoms with Crippen molar-refractivity contribution >= 4 is 17.6 Å². The van der Waals surface area contributed by atoms with Crippen LogP contribution in [0, 0.1) is 5.41 Å². The van der Waals surface area contributed by atoms with E-state index in [0.717, 1.165) is 18.4 Å². The fraction of sp³-hybridized carbons (Fsp3) is 0.529. The maximum absolute atomic E-state index is 12.2. The van der Waals surface area contributed by atoms with Crippen molar-refractivity contribution < 1.29 is 14.7 Å². The number of carbonyl (C=O) groups excluding carboxylic acids is 1. The fourth-order valence-corrected chi connectivity index (χ4v) is 3.77. The Hall–Kier alpha value is -2.04. The summed E-state index contributed by atoms with van der Waals surface area (Å²) >= 11 is 0. The Morgan fingerprint density at radius 1 is 1.36 bits per heavy atom. The van der Waals surface area contributed by atoms with Gasteiger partial charge in [0.05, 0.1) is 11.0 Å². The number of nitrogens with two attached hydrogens (primary N) is 1. The van der Waals surface area contributed by atoms with Crippen LogP contribution in [0.25, 0.3) is 0 Å². The predicted molar refractivity (Wildman–Crippen MR) is 83.6 cm³/mol. The van der Waals surface area contributed by atoms with Crippen molar-refractivity contribution in [3.63, 3.8) is 0 Å². The van der Waals surface area contributed by atoms with Crippen LogP contribution in [0.5, 0.6) is 0 Å². The summed E-state index contributed by atoms with van der Waals surface area (Å²) in [5.41, 5.74) is 8.77. The summed E-state index contributed by atoms with van der Waals surface area (Å²) in [7, 11) is 1.79. The van der Waals surface area contributed by atoms with Crippen LogP contribution in [0.3, 0.4) is 0 Å². The highest BCUT2D eigenvalue weighted by atomic mass is 16.4. The van der Waals surface area contributed by atoms with Gasteiger partial charge < -0.3 is 15.7 Å². The third-order valence-corrected chi connectivity index (χ3v) is 5.38. The highest BCUT2D eigenvalue weighted by molar-refractivity contribution is 6.03. The SMILES string of the molecule is CN1Cc2c(c(N)ccc2[C@H]2CC[C@](C)(C(=O)O)CC2)C1=O. The van der Waals surface area contributed by atoms with E-state index in [2.05, 4.69) is 0 Å². The molecule has 0 bridgehead atoms. The van der Waals surface area contributed by atoms with Crippen molar-refractivity contribution in [3.8, 4) is 0 Å². The number of rotatable bonds is 2. The van der Waals surface area contributed by atoms with E-state index >= 15 is 0 Å². The molecule has 22 heavy (non-hydrogen) atoms. The summed E-state index contributed by atoms with van der Waals surface area (Å²) in [5.74, 6) is -0.398. The molecule has 1 aliphatic carbocycles. The lowest BCUT2D eigenvalue weighted by atomic mass is 9.69. The topological polar surface area (TPSA) is 83.6 Å². The smallest absolute Gasteiger partial charge is 0.309 e. The van der Waals surface area contributed by atoms with Gasteiger partial charge in [-0.05, 0) is 55.7 Å². The van der Waals surface area contributed by atoms with E-state index in [-0.39, 0.29) is 5.91 Å². The molecule has 3 N–H and O–H groups in total. The van der Waals surface area contributed by atoms with Gasteiger partial charge in [0.2, 0.25) is 0 Å². The zero-order valence-electron chi connectivity index (χ0n) is 13.1. The van der Waals surface area contributed by atoms with Gasteiger partial charge in [-0.15, -0.1) is 0 Å². The van der Waals surface area contributed by atoms with Gasteiger partial charge in [-0.25, -0.2) is 0 Å². The predicted octanol–water partition coefficient (Wildman–Crippen LogP) is 2.60. The van der Waals surface area contributed by atoms with Crippen LogP contribution in [-0.4, -0.2) is 28.9 Å². The summed E-state index contributed by atoms with van der Waals surface area (Å²) in [6.07, 6.45) is 3.04. The van der Waals surface area contributed by atoms with E-state index in [1.165, 1.54) is 5.56 Å². The second-order valence-corrected chi connectivity index (χ2v) is 6.90. The van der Waals surface area contributed by atoms with Gasteiger partial charge in [-0.2, -0.15) is 0 Å².